The summed E-state index contributed by atoms with van der Waals surface area (Å²) >= 11 is 4.24. The van der Waals surface area contributed by atoms with E-state index in [1.807, 2.05) is 0 Å². The molecule has 1 rings (SSSR count). The molecule has 1 N–H and O–H groups in total. The van der Waals surface area contributed by atoms with E-state index >= 15 is 0 Å². The van der Waals surface area contributed by atoms with E-state index in [1.165, 1.54) is 23.9 Å². The first-order valence-electron chi connectivity index (χ1n) is 5.07. The van der Waals surface area contributed by atoms with Gasteiger partial charge in [-0.15, -0.1) is 0 Å². The predicted octanol–water partition coefficient (Wildman–Crippen LogP) is 1.64. The van der Waals surface area contributed by atoms with Gasteiger partial charge in [0.15, 0.2) is 0 Å². The van der Waals surface area contributed by atoms with Crippen molar-refractivity contribution in [1.82, 2.24) is 0 Å². The van der Waals surface area contributed by atoms with Gasteiger partial charge in [0, 0.05) is 29.1 Å². The van der Waals surface area contributed by atoms with Crippen LogP contribution in [0.1, 0.15) is 11.1 Å². The van der Waals surface area contributed by atoms with Crippen molar-refractivity contribution >= 4 is 35.3 Å². The van der Waals surface area contributed by atoms with Crippen LogP contribution in [-0.4, -0.2) is 17.5 Å². The van der Waals surface area contributed by atoms with Crippen molar-refractivity contribution < 1.29 is 28.2 Å². The van der Waals surface area contributed by atoms with Gasteiger partial charge in [0.1, 0.15) is 0 Å². The minimum Gasteiger partial charge on any atom is -0.806 e. The minimum atomic E-state index is -6.06. The molecule has 19 heavy (non-hydrogen) atoms. The number of halogens is 3. The van der Waals surface area contributed by atoms with Crippen LogP contribution in [0.4, 0.5) is 8.78 Å². The van der Waals surface area contributed by atoms with Crippen molar-refractivity contribution in [3.63, 3.8) is 0 Å². The van der Waals surface area contributed by atoms with Gasteiger partial charge in [-0.05, 0) is 11.6 Å². The first-order valence-corrected chi connectivity index (χ1v) is 8.56. The normalized spacial score (nSPS) is 12.7. The number of aliphatic hydroxyl groups excluding tert-OH is 1. The van der Waals surface area contributed by atoms with Gasteiger partial charge in [0.05, 0.1) is 6.61 Å². The molecule has 0 radical (unpaired) electrons. The molecular weight excluding hydrogens is 365 g/mol. The molecule has 0 heterocycles. The fraction of sp³-hybridized carbons (Fsp3) is 0.400. The molecule has 0 aliphatic carbocycles. The first kappa shape index (κ1) is 17.1. The maximum absolute atomic E-state index is 13.4. The monoisotopic (exact) mass is 374 g/mol. The molecule has 0 saturated carbocycles. The maximum atomic E-state index is 13.4. The molecule has 0 atom stereocenters. The highest BCUT2D eigenvalue weighted by molar-refractivity contribution is 9.10. The van der Waals surface area contributed by atoms with E-state index in [-0.39, 0.29) is 11.1 Å². The van der Waals surface area contributed by atoms with Crippen LogP contribution in [0.15, 0.2) is 22.7 Å². The fourth-order valence-electron chi connectivity index (χ4n) is 1.29. The molecule has 0 fully saturated rings. The van der Waals surface area contributed by atoms with Crippen molar-refractivity contribution in [3.05, 3.63) is 33.8 Å². The van der Waals surface area contributed by atoms with E-state index in [2.05, 4.69) is 15.9 Å². The van der Waals surface area contributed by atoms with Crippen LogP contribution >= 0.6 is 35.3 Å². The first-order chi connectivity index (χ1) is 8.70. The number of aliphatic hydroxyl groups is 1. The number of benzene rings is 1. The average molecular weight is 375 g/mol. The Hall–Kier alpha value is 0.0200. The molecule has 0 bridgehead atoms. The number of alkyl halides is 2. The van der Waals surface area contributed by atoms with Crippen LogP contribution in [0, 0.1) is 0 Å². The van der Waals surface area contributed by atoms with Gasteiger partial charge in [0.25, 0.3) is 5.66 Å². The molecule has 0 aromatic heterocycles. The van der Waals surface area contributed by atoms with Crippen molar-refractivity contribution in [1.29, 1.82) is 0 Å². The summed E-state index contributed by atoms with van der Waals surface area (Å²) in [4.78, 5) is 21.1. The zero-order valence-corrected chi connectivity index (χ0v) is 12.8. The van der Waals surface area contributed by atoms with Gasteiger partial charge < -0.3 is 19.5 Å². The average Bonchev–Trinajstić information content (AvgIpc) is 2.27. The van der Waals surface area contributed by atoms with E-state index in [4.69, 9.17) is 5.11 Å². The molecule has 9 heteroatoms. The lowest BCUT2D eigenvalue weighted by Crippen LogP contribution is -2.30. The second-order valence-electron chi connectivity index (χ2n) is 3.63. The predicted molar refractivity (Wildman–Crippen MR) is 68.9 cm³/mol. The van der Waals surface area contributed by atoms with Crippen molar-refractivity contribution in [2.75, 3.05) is 12.4 Å². The van der Waals surface area contributed by atoms with E-state index in [0.29, 0.717) is 17.1 Å². The zero-order chi connectivity index (χ0) is 14.7. The van der Waals surface area contributed by atoms with Crippen LogP contribution in [-0.2, 0) is 16.0 Å². The van der Waals surface area contributed by atoms with E-state index < -0.39 is 18.8 Å². The Morgan fingerprint density at radius 1 is 1.42 bits per heavy atom. The highest BCUT2D eigenvalue weighted by Gasteiger charge is 2.37. The summed E-state index contributed by atoms with van der Waals surface area (Å²) in [7, 11) is -6.06. The van der Waals surface area contributed by atoms with Gasteiger partial charge in [-0.25, -0.2) is 0 Å². The molecule has 0 aliphatic rings. The molecule has 0 amide bonds. The highest BCUT2D eigenvalue weighted by Crippen LogP contribution is 2.54. The van der Waals surface area contributed by atoms with Crippen molar-refractivity contribution in [2.24, 2.45) is 0 Å². The highest BCUT2D eigenvalue weighted by atomic mass is 79.9. The molecule has 0 unspecified atom stereocenters. The summed E-state index contributed by atoms with van der Waals surface area (Å²) in [5.41, 5.74) is -4.63. The van der Waals surface area contributed by atoms with E-state index in [0.717, 1.165) is 6.07 Å². The smallest absolute Gasteiger partial charge is 0.297 e. The van der Waals surface area contributed by atoms with Crippen LogP contribution in [0.25, 0.3) is 0 Å². The Labute approximate surface area is 121 Å². The standard InChI is InChI=1S/C10H12BrF2O4PS/c11-9-5-7(6-19-4-3-14)1-2-8(9)10(12,13)18(15,16)17/h1-2,5,14H,3-4,6H2,(H2,15,16,17)/p-2. The SMILES string of the molecule is O=P([O-])([O-])C(F)(F)c1ccc(CSCCO)cc1Br. The number of hydrogen-bond donors (Lipinski definition) is 1. The number of thioether (sulfide) groups is 1. The molecule has 4 nitrogen and oxygen atoms in total. The third-order valence-electron chi connectivity index (χ3n) is 2.21. The van der Waals surface area contributed by atoms with Gasteiger partial charge in [0.2, 0.25) is 0 Å². The van der Waals surface area contributed by atoms with Gasteiger partial charge in [-0.2, -0.15) is 20.5 Å². The van der Waals surface area contributed by atoms with Crippen LogP contribution < -0.4 is 9.79 Å². The second kappa shape index (κ2) is 6.65. The lowest BCUT2D eigenvalue weighted by atomic mass is 10.1. The van der Waals surface area contributed by atoms with Crippen molar-refractivity contribution in [3.8, 4) is 0 Å². The Morgan fingerprint density at radius 2 is 2.05 bits per heavy atom. The third-order valence-corrected chi connectivity index (χ3v) is 4.80. The number of rotatable bonds is 6. The van der Waals surface area contributed by atoms with Gasteiger partial charge >= 0.3 is 0 Å². The third kappa shape index (κ3) is 4.24. The molecule has 0 aliphatic heterocycles. The molecule has 0 saturated heterocycles. The lowest BCUT2D eigenvalue weighted by molar-refractivity contribution is -0.335. The molecule has 1 aromatic rings. The molecule has 0 spiro atoms. The lowest BCUT2D eigenvalue weighted by Gasteiger charge is -2.38. The quantitative estimate of drug-likeness (QED) is 0.604. The Bertz CT molecular complexity index is 494. The van der Waals surface area contributed by atoms with Crippen molar-refractivity contribution in [2.45, 2.75) is 11.4 Å². The van der Waals surface area contributed by atoms with E-state index in [9.17, 15) is 23.1 Å². The summed E-state index contributed by atoms with van der Waals surface area (Å²) in [6, 6.07) is 3.58. The zero-order valence-electron chi connectivity index (χ0n) is 9.51. The number of hydrogen-bond acceptors (Lipinski definition) is 5. The summed E-state index contributed by atoms with van der Waals surface area (Å²) in [6.45, 7) is 0.0114. The topological polar surface area (TPSA) is 83.4 Å². The maximum Gasteiger partial charge on any atom is 0.297 e. The summed E-state index contributed by atoms with van der Waals surface area (Å²) in [6.07, 6.45) is 0. The Morgan fingerprint density at radius 3 is 2.53 bits per heavy atom. The Kier molecular flexibility index (Phi) is 5.97. The minimum absolute atomic E-state index is 0.0114. The summed E-state index contributed by atoms with van der Waals surface area (Å²) < 4.78 is 37.2. The summed E-state index contributed by atoms with van der Waals surface area (Å²) in [5.74, 6) is 0.989. The van der Waals surface area contributed by atoms with Gasteiger partial charge in [-0.3, -0.25) is 0 Å². The summed E-state index contributed by atoms with van der Waals surface area (Å²) in [5, 5.41) is 8.61. The van der Waals surface area contributed by atoms with Crippen LogP contribution in [0.5, 0.6) is 0 Å². The largest absolute Gasteiger partial charge is 0.806 e. The van der Waals surface area contributed by atoms with Crippen LogP contribution in [0.2, 0.25) is 0 Å². The second-order valence-corrected chi connectivity index (χ2v) is 7.15. The Balaban J connectivity index is 2.98. The fourth-order valence-corrected chi connectivity index (χ4v) is 3.30. The van der Waals surface area contributed by atoms with E-state index in [1.54, 1.807) is 0 Å². The molecule has 1 aromatic carbocycles. The molecular formula is C10H10BrF2O4PS-2. The van der Waals surface area contributed by atoms with Crippen LogP contribution in [0.3, 0.4) is 0 Å². The van der Waals surface area contributed by atoms with Gasteiger partial charge in [-0.1, -0.05) is 28.1 Å². The molecule has 108 valence electrons.